The lowest BCUT2D eigenvalue weighted by Gasteiger charge is -2.16. The molecule has 3 heteroatoms. The highest BCUT2D eigenvalue weighted by Crippen LogP contribution is 2.19. The van der Waals surface area contributed by atoms with Gasteiger partial charge >= 0.3 is 5.97 Å². The predicted octanol–water partition coefficient (Wildman–Crippen LogP) is 3.27. The van der Waals surface area contributed by atoms with Crippen LogP contribution in [-0.4, -0.2) is 38.1 Å². The molecule has 3 nitrogen and oxygen atoms in total. The van der Waals surface area contributed by atoms with Crippen molar-refractivity contribution in [3.8, 4) is 0 Å². The molecule has 0 aliphatic carbocycles. The topological polar surface area (TPSA) is 29.5 Å². The van der Waals surface area contributed by atoms with E-state index in [4.69, 9.17) is 0 Å². The lowest BCUT2D eigenvalue weighted by atomic mass is 10.0. The van der Waals surface area contributed by atoms with Crippen LogP contribution in [0.2, 0.25) is 0 Å². The zero-order valence-corrected chi connectivity index (χ0v) is 12.8. The molecule has 0 atom stereocenters. The third-order valence-electron chi connectivity index (χ3n) is 3.79. The summed E-state index contributed by atoms with van der Waals surface area (Å²) in [5.41, 5.74) is 1.38. The van der Waals surface area contributed by atoms with E-state index in [0.29, 0.717) is 6.42 Å². The lowest BCUT2D eigenvalue weighted by Crippen LogP contribution is -2.23. The number of likely N-dealkylation sites (N-methyl/N-ethyl adjacent to an activating group) is 1. The highest BCUT2D eigenvalue weighted by molar-refractivity contribution is 5.85. The Kier molecular flexibility index (Phi) is 5.76. The molecule has 0 aromatic heterocycles. The van der Waals surface area contributed by atoms with Crippen LogP contribution in [0.25, 0.3) is 10.8 Å². The van der Waals surface area contributed by atoms with E-state index >= 15 is 0 Å². The summed E-state index contributed by atoms with van der Waals surface area (Å²) in [5, 5.41) is 2.63. The van der Waals surface area contributed by atoms with Gasteiger partial charge in [-0.15, -0.1) is 0 Å². The molecule has 0 amide bonds. The van der Waals surface area contributed by atoms with Gasteiger partial charge in [0.2, 0.25) is 0 Å². The van der Waals surface area contributed by atoms with E-state index < -0.39 is 0 Å². The fourth-order valence-corrected chi connectivity index (χ4v) is 2.53. The second-order valence-corrected chi connectivity index (χ2v) is 5.37. The summed E-state index contributed by atoms with van der Waals surface area (Å²) in [6.45, 7) is 1.91. The molecule has 0 radical (unpaired) electrons. The van der Waals surface area contributed by atoms with Crippen molar-refractivity contribution >= 4 is 16.7 Å². The molecule has 0 heterocycles. The number of carbonyl (C=O) groups is 1. The average Bonchev–Trinajstić information content (AvgIpc) is 2.52. The van der Waals surface area contributed by atoms with E-state index in [1.165, 1.54) is 23.4 Å². The Morgan fingerprint density at radius 3 is 2.67 bits per heavy atom. The largest absolute Gasteiger partial charge is 0.469 e. The summed E-state index contributed by atoms with van der Waals surface area (Å²) in [6, 6.07) is 15.0. The molecular formula is C18H23NO2. The van der Waals surface area contributed by atoms with Crippen molar-refractivity contribution in [2.75, 3.05) is 27.2 Å². The Morgan fingerprint density at radius 1 is 1.10 bits per heavy atom. The van der Waals surface area contributed by atoms with E-state index in [-0.39, 0.29) is 5.97 Å². The maximum atomic E-state index is 11.1. The minimum Gasteiger partial charge on any atom is -0.469 e. The van der Waals surface area contributed by atoms with Crippen molar-refractivity contribution in [2.45, 2.75) is 19.3 Å². The smallest absolute Gasteiger partial charge is 0.305 e. The van der Waals surface area contributed by atoms with Gasteiger partial charge in [-0.3, -0.25) is 4.79 Å². The molecule has 0 unspecified atom stereocenters. The van der Waals surface area contributed by atoms with Crippen LogP contribution in [0.15, 0.2) is 42.5 Å². The standard InChI is InChI=1S/C18H23NO2/c1-19(13-6-11-18(20)21-2)14-12-16-9-5-8-15-7-3-4-10-17(15)16/h3-5,7-10H,6,11-14H2,1-2H3. The molecule has 2 aromatic rings. The molecule has 0 bridgehead atoms. The normalized spacial score (nSPS) is 11.0. The highest BCUT2D eigenvalue weighted by atomic mass is 16.5. The van der Waals surface area contributed by atoms with Gasteiger partial charge in [0, 0.05) is 13.0 Å². The van der Waals surface area contributed by atoms with Gasteiger partial charge in [-0.05, 0) is 42.8 Å². The van der Waals surface area contributed by atoms with Gasteiger partial charge in [0.25, 0.3) is 0 Å². The first kappa shape index (κ1) is 15.5. The fourth-order valence-electron chi connectivity index (χ4n) is 2.53. The maximum absolute atomic E-state index is 11.1. The first-order chi connectivity index (χ1) is 10.2. The molecule has 2 aromatic carbocycles. The monoisotopic (exact) mass is 285 g/mol. The minimum atomic E-state index is -0.127. The number of ether oxygens (including phenoxy) is 1. The van der Waals surface area contributed by atoms with E-state index in [2.05, 4.69) is 59.1 Å². The maximum Gasteiger partial charge on any atom is 0.305 e. The summed E-state index contributed by atoms with van der Waals surface area (Å²) in [6.07, 6.45) is 2.36. The zero-order valence-electron chi connectivity index (χ0n) is 12.8. The molecule has 21 heavy (non-hydrogen) atoms. The van der Waals surface area contributed by atoms with Gasteiger partial charge in [-0.25, -0.2) is 0 Å². The van der Waals surface area contributed by atoms with E-state index in [1.54, 1.807) is 0 Å². The Labute approximate surface area is 126 Å². The molecule has 0 fully saturated rings. The predicted molar refractivity (Wildman–Crippen MR) is 86.4 cm³/mol. The van der Waals surface area contributed by atoms with Gasteiger partial charge in [-0.1, -0.05) is 42.5 Å². The first-order valence-electron chi connectivity index (χ1n) is 7.42. The third-order valence-corrected chi connectivity index (χ3v) is 3.79. The van der Waals surface area contributed by atoms with Crippen molar-refractivity contribution in [2.24, 2.45) is 0 Å². The molecule has 0 saturated heterocycles. The van der Waals surface area contributed by atoms with Crippen LogP contribution in [0.3, 0.4) is 0 Å². The lowest BCUT2D eigenvalue weighted by molar-refractivity contribution is -0.140. The molecule has 0 saturated carbocycles. The fraction of sp³-hybridized carbons (Fsp3) is 0.389. The summed E-state index contributed by atoms with van der Waals surface area (Å²) >= 11 is 0. The molecule has 0 spiro atoms. The van der Waals surface area contributed by atoms with Gasteiger partial charge < -0.3 is 9.64 Å². The van der Waals surface area contributed by atoms with E-state index in [1.807, 2.05) is 0 Å². The van der Waals surface area contributed by atoms with Crippen LogP contribution in [0.1, 0.15) is 18.4 Å². The van der Waals surface area contributed by atoms with Gasteiger partial charge in [0.15, 0.2) is 0 Å². The summed E-state index contributed by atoms with van der Waals surface area (Å²) in [7, 11) is 3.54. The van der Waals surface area contributed by atoms with Crippen molar-refractivity contribution < 1.29 is 9.53 Å². The number of carbonyl (C=O) groups excluding carboxylic acids is 1. The first-order valence-corrected chi connectivity index (χ1v) is 7.42. The average molecular weight is 285 g/mol. The van der Waals surface area contributed by atoms with Crippen molar-refractivity contribution in [1.82, 2.24) is 4.90 Å². The summed E-state index contributed by atoms with van der Waals surface area (Å²) in [5.74, 6) is -0.127. The van der Waals surface area contributed by atoms with Crippen LogP contribution in [0.4, 0.5) is 0 Å². The van der Waals surface area contributed by atoms with Crippen LogP contribution in [0.5, 0.6) is 0 Å². The Bertz CT molecular complexity index is 589. The number of hydrogen-bond acceptors (Lipinski definition) is 3. The molecular weight excluding hydrogens is 262 g/mol. The third kappa shape index (κ3) is 4.57. The molecule has 112 valence electrons. The van der Waals surface area contributed by atoms with E-state index in [9.17, 15) is 4.79 Å². The SMILES string of the molecule is COC(=O)CCCN(C)CCc1cccc2ccccc12. The molecule has 0 N–H and O–H groups in total. The molecule has 0 aliphatic heterocycles. The number of esters is 1. The number of nitrogens with zero attached hydrogens (tertiary/aromatic N) is 1. The van der Waals surface area contributed by atoms with Crippen molar-refractivity contribution in [3.63, 3.8) is 0 Å². The zero-order chi connectivity index (χ0) is 15.1. The van der Waals surface area contributed by atoms with Gasteiger partial charge in [-0.2, -0.15) is 0 Å². The van der Waals surface area contributed by atoms with Crippen LogP contribution in [-0.2, 0) is 16.0 Å². The Balaban J connectivity index is 1.85. The Hall–Kier alpha value is -1.87. The van der Waals surface area contributed by atoms with Crippen molar-refractivity contribution in [3.05, 3.63) is 48.0 Å². The highest BCUT2D eigenvalue weighted by Gasteiger charge is 2.05. The number of rotatable bonds is 7. The molecule has 0 aliphatic rings. The van der Waals surface area contributed by atoms with Crippen LogP contribution >= 0.6 is 0 Å². The number of fused-ring (bicyclic) bond motifs is 1. The van der Waals surface area contributed by atoms with Crippen LogP contribution < -0.4 is 0 Å². The van der Waals surface area contributed by atoms with Crippen molar-refractivity contribution in [1.29, 1.82) is 0 Å². The van der Waals surface area contributed by atoms with Gasteiger partial charge in [0.1, 0.15) is 0 Å². The number of methoxy groups -OCH3 is 1. The molecule has 2 rings (SSSR count). The number of hydrogen-bond donors (Lipinski definition) is 0. The van der Waals surface area contributed by atoms with E-state index in [0.717, 1.165) is 25.9 Å². The second kappa shape index (κ2) is 7.79. The summed E-state index contributed by atoms with van der Waals surface area (Å²) < 4.78 is 4.65. The quantitative estimate of drug-likeness (QED) is 0.731. The van der Waals surface area contributed by atoms with Gasteiger partial charge in [0.05, 0.1) is 7.11 Å². The number of benzene rings is 2. The Morgan fingerprint density at radius 2 is 1.86 bits per heavy atom. The second-order valence-electron chi connectivity index (χ2n) is 5.37. The van der Waals surface area contributed by atoms with Crippen LogP contribution in [0, 0.1) is 0 Å². The summed E-state index contributed by atoms with van der Waals surface area (Å²) in [4.78, 5) is 13.3. The minimum absolute atomic E-state index is 0.127.